The fourth-order valence-corrected chi connectivity index (χ4v) is 3.16. The molecule has 0 radical (unpaired) electrons. The minimum absolute atomic E-state index is 0.262. The normalized spacial score (nSPS) is 10.5. The van der Waals surface area contributed by atoms with Crippen molar-refractivity contribution in [2.24, 2.45) is 0 Å². The highest BCUT2D eigenvalue weighted by atomic mass is 16.5. The number of benzene rings is 3. The molecule has 0 saturated heterocycles. The lowest BCUT2D eigenvalue weighted by Crippen LogP contribution is -2.05. The van der Waals surface area contributed by atoms with Crippen molar-refractivity contribution in [2.75, 3.05) is 11.9 Å². The number of nitrogens with one attached hydrogen (secondary N) is 1. The summed E-state index contributed by atoms with van der Waals surface area (Å²) in [5.41, 5.74) is 5.37. The molecule has 0 aliphatic carbocycles. The van der Waals surface area contributed by atoms with Gasteiger partial charge in [-0.3, -0.25) is 0 Å². The van der Waals surface area contributed by atoms with Crippen LogP contribution in [0.4, 0.5) is 5.69 Å². The summed E-state index contributed by atoms with van der Waals surface area (Å²) in [6, 6.07) is 19.1. The summed E-state index contributed by atoms with van der Waals surface area (Å²) in [4.78, 5) is 11.2. The number of hydrogen-bond acceptors (Lipinski definition) is 4. The van der Waals surface area contributed by atoms with Crippen molar-refractivity contribution in [1.29, 1.82) is 0 Å². The molecule has 5 nitrogen and oxygen atoms in total. The van der Waals surface area contributed by atoms with Crippen molar-refractivity contribution in [1.82, 2.24) is 0 Å². The largest absolute Gasteiger partial charge is 0.490 e. The summed E-state index contributed by atoms with van der Waals surface area (Å²) in [5.74, 6) is 0.457. The average Bonchev–Trinajstić information content (AvgIpc) is 2.72. The molecule has 0 amide bonds. The Morgan fingerprint density at radius 3 is 2.50 bits per heavy atom. The molecule has 0 heterocycles. The van der Waals surface area contributed by atoms with E-state index in [0.29, 0.717) is 31.3 Å². The smallest absolute Gasteiger partial charge is 0.335 e. The molecule has 3 rings (SSSR count). The minimum atomic E-state index is -0.938. The van der Waals surface area contributed by atoms with E-state index in [1.54, 1.807) is 18.2 Å². The van der Waals surface area contributed by atoms with Gasteiger partial charge >= 0.3 is 5.97 Å². The van der Waals surface area contributed by atoms with Crippen LogP contribution in [0.15, 0.2) is 60.7 Å². The molecule has 0 aliphatic rings. The maximum absolute atomic E-state index is 11.2. The van der Waals surface area contributed by atoms with Gasteiger partial charge in [0.15, 0.2) is 11.5 Å². The van der Waals surface area contributed by atoms with E-state index in [1.807, 2.05) is 44.2 Å². The van der Waals surface area contributed by atoms with Crippen LogP contribution < -0.4 is 14.8 Å². The highest BCUT2D eigenvalue weighted by Gasteiger charge is 2.09. The van der Waals surface area contributed by atoms with E-state index in [4.69, 9.17) is 9.47 Å². The van der Waals surface area contributed by atoms with Crippen molar-refractivity contribution in [2.45, 2.75) is 33.9 Å². The summed E-state index contributed by atoms with van der Waals surface area (Å²) < 4.78 is 11.8. The molecule has 30 heavy (non-hydrogen) atoms. The number of carboxylic acids is 1. The van der Waals surface area contributed by atoms with Crippen LogP contribution in [0.5, 0.6) is 11.5 Å². The Hall–Kier alpha value is -3.47. The maximum Gasteiger partial charge on any atom is 0.335 e. The molecule has 0 atom stereocenters. The van der Waals surface area contributed by atoms with Crippen LogP contribution in [0, 0.1) is 13.8 Å². The Kier molecular flexibility index (Phi) is 6.96. The molecule has 0 aromatic heterocycles. The predicted molar refractivity (Wildman–Crippen MR) is 119 cm³/mol. The van der Waals surface area contributed by atoms with E-state index in [1.165, 1.54) is 5.56 Å². The summed E-state index contributed by atoms with van der Waals surface area (Å²) in [5, 5.41) is 12.5. The zero-order valence-corrected chi connectivity index (χ0v) is 17.6. The fourth-order valence-electron chi connectivity index (χ4n) is 3.16. The maximum atomic E-state index is 11.2. The van der Waals surface area contributed by atoms with Gasteiger partial charge in [-0.15, -0.1) is 0 Å². The molecule has 156 valence electrons. The molecule has 2 N–H and O–H groups in total. The number of ether oxygens (including phenoxy) is 2. The summed E-state index contributed by atoms with van der Waals surface area (Å²) in [6.07, 6.45) is 0. The molecule has 3 aromatic carbocycles. The van der Waals surface area contributed by atoms with Gasteiger partial charge in [-0.2, -0.15) is 0 Å². The second-order valence-electron chi connectivity index (χ2n) is 7.18. The lowest BCUT2D eigenvalue weighted by molar-refractivity contribution is 0.0697. The van der Waals surface area contributed by atoms with Gasteiger partial charge < -0.3 is 19.9 Å². The molecular weight excluding hydrogens is 378 g/mol. The topological polar surface area (TPSA) is 67.8 Å². The van der Waals surface area contributed by atoms with Crippen LogP contribution >= 0.6 is 0 Å². The van der Waals surface area contributed by atoms with Crippen molar-refractivity contribution >= 4 is 11.7 Å². The molecule has 0 aliphatic heterocycles. The lowest BCUT2D eigenvalue weighted by Gasteiger charge is -2.15. The van der Waals surface area contributed by atoms with Crippen molar-refractivity contribution in [3.63, 3.8) is 0 Å². The van der Waals surface area contributed by atoms with E-state index in [0.717, 1.165) is 22.4 Å². The Balaban J connectivity index is 1.71. The van der Waals surface area contributed by atoms with Gasteiger partial charge in [0.1, 0.15) is 6.61 Å². The first-order valence-corrected chi connectivity index (χ1v) is 9.98. The number of aryl methyl sites for hydroxylation is 2. The third-order valence-corrected chi connectivity index (χ3v) is 4.75. The van der Waals surface area contributed by atoms with Gasteiger partial charge in [0.25, 0.3) is 0 Å². The predicted octanol–water partition coefficient (Wildman–Crippen LogP) is 5.59. The third-order valence-electron chi connectivity index (χ3n) is 4.75. The highest BCUT2D eigenvalue weighted by Crippen LogP contribution is 2.30. The van der Waals surface area contributed by atoms with E-state index in [-0.39, 0.29) is 5.56 Å². The third kappa shape index (κ3) is 5.54. The van der Waals surface area contributed by atoms with Crippen LogP contribution in [0.1, 0.15) is 39.5 Å². The van der Waals surface area contributed by atoms with Gasteiger partial charge in [-0.25, -0.2) is 4.79 Å². The Labute approximate surface area is 177 Å². The van der Waals surface area contributed by atoms with Gasteiger partial charge in [0.2, 0.25) is 0 Å². The van der Waals surface area contributed by atoms with Gasteiger partial charge in [-0.05, 0) is 61.7 Å². The van der Waals surface area contributed by atoms with E-state index in [2.05, 4.69) is 24.4 Å². The first-order chi connectivity index (χ1) is 14.5. The van der Waals surface area contributed by atoms with Crippen molar-refractivity contribution < 1.29 is 19.4 Å². The Morgan fingerprint density at radius 1 is 0.933 bits per heavy atom. The molecule has 0 unspecified atom stereocenters. The Morgan fingerprint density at radius 2 is 1.77 bits per heavy atom. The Bertz CT molecular complexity index is 1030. The minimum Gasteiger partial charge on any atom is -0.490 e. The highest BCUT2D eigenvalue weighted by molar-refractivity contribution is 5.89. The molecule has 0 fully saturated rings. The van der Waals surface area contributed by atoms with Crippen LogP contribution in [0.3, 0.4) is 0 Å². The van der Waals surface area contributed by atoms with Crippen LogP contribution in [-0.4, -0.2) is 17.7 Å². The molecule has 0 saturated carbocycles. The SMILES string of the molecule is CCOc1cc(CNc2cc(C(=O)O)ccc2C)ccc1OCc1cccc(C)c1. The van der Waals surface area contributed by atoms with Crippen molar-refractivity contribution in [3.8, 4) is 11.5 Å². The van der Waals surface area contributed by atoms with Crippen LogP contribution in [0.2, 0.25) is 0 Å². The monoisotopic (exact) mass is 405 g/mol. The quantitative estimate of drug-likeness (QED) is 0.486. The van der Waals surface area contributed by atoms with Crippen LogP contribution in [0.25, 0.3) is 0 Å². The van der Waals surface area contributed by atoms with Gasteiger partial charge in [0, 0.05) is 12.2 Å². The molecule has 3 aromatic rings. The summed E-state index contributed by atoms with van der Waals surface area (Å²) in [7, 11) is 0. The zero-order valence-electron chi connectivity index (χ0n) is 17.6. The molecule has 0 spiro atoms. The van der Waals surface area contributed by atoms with E-state index in [9.17, 15) is 9.90 Å². The van der Waals surface area contributed by atoms with E-state index < -0.39 is 5.97 Å². The summed E-state index contributed by atoms with van der Waals surface area (Å²) in [6.45, 7) is 7.50. The number of carboxylic acid groups (broad SMARTS) is 1. The second-order valence-corrected chi connectivity index (χ2v) is 7.18. The lowest BCUT2D eigenvalue weighted by atomic mass is 10.1. The van der Waals surface area contributed by atoms with Gasteiger partial charge in [-0.1, -0.05) is 42.0 Å². The number of aromatic carboxylic acids is 1. The molecular formula is C25H27NO4. The molecule has 5 heteroatoms. The summed E-state index contributed by atoms with van der Waals surface area (Å²) >= 11 is 0. The van der Waals surface area contributed by atoms with Crippen LogP contribution in [-0.2, 0) is 13.2 Å². The average molecular weight is 405 g/mol. The first-order valence-electron chi connectivity index (χ1n) is 9.98. The van der Waals surface area contributed by atoms with Crippen molar-refractivity contribution in [3.05, 3.63) is 88.5 Å². The second kappa shape index (κ2) is 9.83. The number of carbonyl (C=O) groups is 1. The van der Waals surface area contributed by atoms with E-state index >= 15 is 0 Å². The number of hydrogen-bond donors (Lipinski definition) is 2. The number of rotatable bonds is 9. The first kappa shape index (κ1) is 21.2. The fraction of sp³-hybridized carbons (Fsp3) is 0.240. The van der Waals surface area contributed by atoms with Gasteiger partial charge in [0.05, 0.1) is 12.2 Å². The zero-order chi connectivity index (χ0) is 21.5. The molecule has 0 bridgehead atoms. The standard InChI is InChI=1S/C25H27NO4/c1-4-29-24-13-19(15-26-22-14-21(25(27)28)10-8-18(22)3)9-11-23(24)30-16-20-7-5-6-17(2)12-20/h5-14,26H,4,15-16H2,1-3H3,(H,27,28). The number of anilines is 1.